The Bertz CT molecular complexity index is 1580. The highest BCUT2D eigenvalue weighted by molar-refractivity contribution is 4.96. The van der Waals surface area contributed by atoms with E-state index < -0.39 is 36.9 Å². The van der Waals surface area contributed by atoms with Crippen LogP contribution < -0.4 is 0 Å². The van der Waals surface area contributed by atoms with E-state index >= 15 is 0 Å². The normalized spacial score (nSPS) is 51.6. The monoisotopic (exact) mass is 993 g/mol. The second-order valence-corrected chi connectivity index (χ2v) is 25.3. The van der Waals surface area contributed by atoms with Crippen molar-refractivity contribution in [2.24, 2.45) is 88.8 Å². The summed E-state index contributed by atoms with van der Waals surface area (Å²) in [5, 5.41) is 0. The first-order valence-electron chi connectivity index (χ1n) is 29.1. The zero-order chi connectivity index (χ0) is 51.8. The zero-order valence-electron chi connectivity index (χ0n) is 48.6. The van der Waals surface area contributed by atoms with Crippen molar-refractivity contribution < 1.29 is 52.1 Å². The maximum Gasteiger partial charge on any atom is 0.184 e. The minimum atomic E-state index is -0.845. The van der Waals surface area contributed by atoms with Gasteiger partial charge < -0.3 is 52.1 Å². The second kappa shape index (κ2) is 24.7. The van der Waals surface area contributed by atoms with Gasteiger partial charge in [0.15, 0.2) is 30.9 Å². The molecule has 0 N–H and O–H groups in total. The quantitative estimate of drug-likeness (QED) is 0.139. The van der Waals surface area contributed by atoms with Gasteiger partial charge in [-0.2, -0.15) is 0 Å². The summed E-state index contributed by atoms with van der Waals surface area (Å²) >= 11 is 0. The van der Waals surface area contributed by atoms with Crippen LogP contribution in [0.2, 0.25) is 0 Å². The molecule has 0 saturated carbocycles. The molecule has 6 saturated heterocycles. The van der Waals surface area contributed by atoms with Crippen molar-refractivity contribution in [2.45, 2.75) is 283 Å². The Morgan fingerprint density at radius 3 is 1.64 bits per heavy atom. The van der Waals surface area contributed by atoms with E-state index in [2.05, 4.69) is 152 Å². The van der Waals surface area contributed by atoms with Gasteiger partial charge in [0, 0.05) is 30.1 Å². The molecule has 30 atom stereocenters. The minimum absolute atomic E-state index is 0.0279. The third-order valence-corrected chi connectivity index (χ3v) is 20.3. The molecule has 70 heavy (non-hydrogen) atoms. The van der Waals surface area contributed by atoms with E-state index in [0.29, 0.717) is 53.3 Å². The molecular weight excluding hydrogens is 885 g/mol. The zero-order valence-corrected chi connectivity index (χ0v) is 48.6. The molecular formula is C59H108O11. The van der Waals surface area contributed by atoms with Crippen LogP contribution in [-0.2, 0) is 52.1 Å². The van der Waals surface area contributed by atoms with E-state index in [1.54, 1.807) is 0 Å². The van der Waals surface area contributed by atoms with Crippen molar-refractivity contribution in [1.29, 1.82) is 0 Å². The van der Waals surface area contributed by atoms with Gasteiger partial charge in [-0.15, -0.1) is 0 Å². The van der Waals surface area contributed by atoms with Crippen molar-refractivity contribution in [3.63, 3.8) is 0 Å². The molecule has 6 aliphatic rings. The van der Waals surface area contributed by atoms with E-state index in [4.69, 9.17) is 52.1 Å². The number of rotatable bonds is 17. The summed E-state index contributed by atoms with van der Waals surface area (Å²) in [4.78, 5) is 0. The molecule has 410 valence electrons. The van der Waals surface area contributed by atoms with Crippen LogP contribution in [0, 0.1) is 88.8 Å². The lowest BCUT2D eigenvalue weighted by Gasteiger charge is -2.53. The number of hydrogen-bond acceptors (Lipinski definition) is 11. The Kier molecular flexibility index (Phi) is 20.8. The lowest BCUT2D eigenvalue weighted by Crippen LogP contribution is -2.61. The highest BCUT2D eigenvalue weighted by Gasteiger charge is 2.55. The van der Waals surface area contributed by atoms with Gasteiger partial charge in [0.2, 0.25) is 0 Å². The van der Waals surface area contributed by atoms with Crippen molar-refractivity contribution >= 4 is 0 Å². The molecule has 0 radical (unpaired) electrons. The molecule has 0 amide bonds. The number of hydrogen-bond donors (Lipinski definition) is 0. The van der Waals surface area contributed by atoms with E-state index in [-0.39, 0.29) is 103 Å². The van der Waals surface area contributed by atoms with E-state index in [1.165, 1.54) is 0 Å². The van der Waals surface area contributed by atoms with Gasteiger partial charge in [-0.3, -0.25) is 0 Å². The van der Waals surface area contributed by atoms with Gasteiger partial charge in [-0.25, -0.2) is 0 Å². The van der Waals surface area contributed by atoms with E-state index in [9.17, 15) is 0 Å². The lowest BCUT2D eigenvalue weighted by atomic mass is 9.74. The smallest absolute Gasteiger partial charge is 0.184 e. The molecule has 0 bridgehead atoms. The molecule has 6 aliphatic heterocycles. The third kappa shape index (κ3) is 12.4. The summed E-state index contributed by atoms with van der Waals surface area (Å²) in [6, 6.07) is 0. The van der Waals surface area contributed by atoms with Crippen LogP contribution in [0.4, 0.5) is 0 Å². The standard InChI is InChI=1S/C59H108O11/c1-23-30(7)32(9)51-33(10)31(8)27-59(22,69-51)70-53-43(20)55(67-52-39(16)38(15)49(29(5)6)62-47(52)26-4)60-28-48(53)65-57-42(19)50(41(18)46(25-3)63-57)66-58-54(37(14)36(13)45(24-2)64-58)68-56-40(17)34(11)35(12)44(21)61-56/h29-58H,23-28H2,1-22H3/t30-,31?,32-,33-,34?,35-,36-,37+,38?,39-,40+,41+,42?,43?,44?,45?,46?,47?,48+,49?,50+,51?,52-,53-,54?,55+,56+,57+,58+,59-/m1/s1. The molecule has 6 heterocycles. The maximum atomic E-state index is 7.51. The Labute approximate surface area is 428 Å². The SMILES string of the molecule is CCC1O[C@@H](O[C@@H]2C(C)[C@H](O[C@H]3CO[C@@H](O[C@H]4C(CC)OC(C(C)C)C(C)[C@H]4C)C(C)[C@H]3O[C@]3(C)CC(C)[C@@H](C)C([C@H](C)[C@H](C)CC)O3)OC(CC)[C@@H]2C)C(O[C@@H]2OC(C)[C@H](C)C(C)[C@@H]2C)[C@@H](C)[C@H]1C. The molecule has 0 aromatic carbocycles. The predicted molar refractivity (Wildman–Crippen MR) is 277 cm³/mol. The summed E-state index contributed by atoms with van der Waals surface area (Å²) in [7, 11) is 0. The van der Waals surface area contributed by atoms with Crippen molar-refractivity contribution in [2.75, 3.05) is 6.61 Å². The highest BCUT2D eigenvalue weighted by Crippen LogP contribution is 2.47. The van der Waals surface area contributed by atoms with Crippen LogP contribution in [0.5, 0.6) is 0 Å². The molecule has 12 unspecified atom stereocenters. The summed E-state index contributed by atoms with van der Waals surface area (Å²) in [6.07, 6.45) is 1.15. The molecule has 6 fully saturated rings. The predicted octanol–water partition coefficient (Wildman–Crippen LogP) is 12.9. The van der Waals surface area contributed by atoms with Gasteiger partial charge in [0.1, 0.15) is 12.2 Å². The summed E-state index contributed by atoms with van der Waals surface area (Å²) in [6.45, 7) is 50.3. The van der Waals surface area contributed by atoms with Crippen LogP contribution in [0.1, 0.15) is 184 Å². The van der Waals surface area contributed by atoms with Crippen LogP contribution in [-0.4, -0.2) is 105 Å². The lowest BCUT2D eigenvalue weighted by molar-refractivity contribution is -0.385. The van der Waals surface area contributed by atoms with Gasteiger partial charge in [-0.05, 0) is 98.2 Å². The van der Waals surface area contributed by atoms with Gasteiger partial charge in [-0.1, -0.05) is 145 Å². The molecule has 11 heteroatoms. The minimum Gasteiger partial charge on any atom is -0.372 e. The second-order valence-electron chi connectivity index (χ2n) is 25.3. The fourth-order valence-corrected chi connectivity index (χ4v) is 13.8. The van der Waals surface area contributed by atoms with Gasteiger partial charge in [0.05, 0.1) is 61.5 Å². The Morgan fingerprint density at radius 2 is 1.03 bits per heavy atom. The molecule has 0 aromatic rings. The first-order chi connectivity index (χ1) is 32.9. The maximum absolute atomic E-state index is 7.51. The molecule has 0 aliphatic carbocycles. The topological polar surface area (TPSA) is 102 Å². The summed E-state index contributed by atoms with van der Waals surface area (Å²) < 4.78 is 78.1. The molecule has 11 nitrogen and oxygen atoms in total. The molecule has 0 spiro atoms. The van der Waals surface area contributed by atoms with Gasteiger partial charge >= 0.3 is 0 Å². The molecule has 0 aromatic heterocycles. The van der Waals surface area contributed by atoms with E-state index in [1.807, 2.05) is 0 Å². The van der Waals surface area contributed by atoms with Crippen LogP contribution in [0.3, 0.4) is 0 Å². The average Bonchev–Trinajstić information content (AvgIpc) is 3.32. The Hall–Kier alpha value is -0.440. The summed E-state index contributed by atoms with van der Waals surface area (Å²) in [5.74, 6) is 3.25. The largest absolute Gasteiger partial charge is 0.372 e. The van der Waals surface area contributed by atoms with E-state index in [0.717, 1.165) is 32.1 Å². The van der Waals surface area contributed by atoms with Crippen LogP contribution in [0.25, 0.3) is 0 Å². The highest BCUT2D eigenvalue weighted by atomic mass is 16.8. The van der Waals surface area contributed by atoms with Crippen LogP contribution in [0.15, 0.2) is 0 Å². The Morgan fingerprint density at radius 1 is 0.471 bits per heavy atom. The Balaban J connectivity index is 1.28. The van der Waals surface area contributed by atoms with Crippen LogP contribution >= 0.6 is 0 Å². The fourth-order valence-electron chi connectivity index (χ4n) is 13.8. The first kappa shape index (κ1) is 58.8. The molecule has 6 rings (SSSR count). The van der Waals surface area contributed by atoms with Gasteiger partial charge in [0.25, 0.3) is 0 Å². The average molecular weight is 994 g/mol. The first-order valence-corrected chi connectivity index (χ1v) is 29.1. The van der Waals surface area contributed by atoms with Crippen molar-refractivity contribution in [3.05, 3.63) is 0 Å². The number of ether oxygens (including phenoxy) is 11. The van der Waals surface area contributed by atoms with Crippen molar-refractivity contribution in [1.82, 2.24) is 0 Å². The van der Waals surface area contributed by atoms with Crippen molar-refractivity contribution in [3.8, 4) is 0 Å². The fraction of sp³-hybridized carbons (Fsp3) is 1.00. The summed E-state index contributed by atoms with van der Waals surface area (Å²) in [5.41, 5.74) is 0. The third-order valence-electron chi connectivity index (χ3n) is 20.3.